The number of nitrogens with two attached hydrogens (primary N) is 2. The van der Waals surface area contributed by atoms with Crippen molar-refractivity contribution in [2.75, 3.05) is 29.1 Å². The summed E-state index contributed by atoms with van der Waals surface area (Å²) in [5, 5.41) is 13.9. The lowest BCUT2D eigenvalue weighted by Gasteiger charge is -2.22. The fraction of sp³-hybridized carbons (Fsp3) is 0.294. The number of benzene rings is 1. The van der Waals surface area contributed by atoms with Gasteiger partial charge in [0.2, 0.25) is 0 Å². The summed E-state index contributed by atoms with van der Waals surface area (Å²) in [5.74, 6) is 6.80. The first-order valence-electron chi connectivity index (χ1n) is 7.53. The van der Waals surface area contributed by atoms with Crippen LogP contribution >= 0.6 is 15.9 Å². The van der Waals surface area contributed by atoms with Gasteiger partial charge in [0.15, 0.2) is 0 Å². The Morgan fingerprint density at radius 2 is 2.22 bits per heavy atom. The maximum atomic E-state index is 8.90. The Hall–Kier alpha value is -1.92. The molecule has 0 spiro atoms. The van der Waals surface area contributed by atoms with Crippen molar-refractivity contribution in [3.05, 3.63) is 53.2 Å². The molecule has 1 aromatic rings. The van der Waals surface area contributed by atoms with Crippen molar-refractivity contribution < 1.29 is 5.11 Å². The van der Waals surface area contributed by atoms with E-state index in [1.54, 1.807) is 17.2 Å². The maximum Gasteiger partial charge on any atom is 0.0795 e. The van der Waals surface area contributed by atoms with Crippen LogP contribution in [-0.2, 0) is 0 Å². The predicted molar refractivity (Wildman–Crippen MR) is 101 cm³/mol. The fourth-order valence-corrected chi connectivity index (χ4v) is 2.74. The number of rotatable bonds is 8. The van der Waals surface area contributed by atoms with Crippen LogP contribution in [-0.4, -0.2) is 18.2 Å². The highest BCUT2D eigenvalue weighted by atomic mass is 79.9. The average molecular weight is 379 g/mol. The number of nitrogens with zero attached hydrogens (tertiary/aromatic N) is 1. The van der Waals surface area contributed by atoms with E-state index in [0.29, 0.717) is 18.2 Å². The molecule has 0 bridgehead atoms. The SMILES string of the molecule is C=C/C=C(\C=C\O)CNc1ccc(N(N)CC2CC2)c(N)c1Br. The number of nitrogens with one attached hydrogen (secondary N) is 1. The molecule has 1 aromatic carbocycles. The number of allylic oxidation sites excluding steroid dienone is 2. The molecule has 2 rings (SSSR count). The molecular formula is C17H23BrN4O. The zero-order valence-electron chi connectivity index (χ0n) is 13.0. The van der Waals surface area contributed by atoms with Gasteiger partial charge in [-0.3, -0.25) is 0 Å². The average Bonchev–Trinajstić information content (AvgIpc) is 3.32. The molecular weight excluding hydrogens is 356 g/mol. The van der Waals surface area contributed by atoms with Gasteiger partial charge < -0.3 is 21.2 Å². The van der Waals surface area contributed by atoms with Gasteiger partial charge in [-0.15, -0.1) is 0 Å². The van der Waals surface area contributed by atoms with Crippen molar-refractivity contribution in [3.8, 4) is 0 Å². The third-order valence-corrected chi connectivity index (χ3v) is 4.58. The second-order valence-electron chi connectivity index (χ2n) is 5.60. The lowest BCUT2D eigenvalue weighted by molar-refractivity contribution is 0.473. The monoisotopic (exact) mass is 378 g/mol. The number of halogens is 1. The third-order valence-electron chi connectivity index (χ3n) is 3.72. The van der Waals surface area contributed by atoms with Crippen LogP contribution in [0.15, 0.2) is 53.2 Å². The quantitative estimate of drug-likeness (QED) is 0.182. The van der Waals surface area contributed by atoms with Crippen LogP contribution in [0.5, 0.6) is 0 Å². The topological polar surface area (TPSA) is 87.5 Å². The molecule has 0 saturated heterocycles. The van der Waals surface area contributed by atoms with E-state index in [1.807, 2.05) is 18.2 Å². The molecule has 23 heavy (non-hydrogen) atoms. The maximum absolute atomic E-state index is 8.90. The van der Waals surface area contributed by atoms with Crippen LogP contribution < -0.4 is 21.9 Å². The van der Waals surface area contributed by atoms with E-state index < -0.39 is 0 Å². The molecule has 124 valence electrons. The highest BCUT2D eigenvalue weighted by Gasteiger charge is 2.24. The Bertz CT molecular complexity index is 623. The number of anilines is 3. The number of aliphatic hydroxyl groups is 1. The minimum atomic E-state index is 0.537. The van der Waals surface area contributed by atoms with Crippen molar-refractivity contribution in [2.45, 2.75) is 12.8 Å². The van der Waals surface area contributed by atoms with Crippen LogP contribution in [0.1, 0.15) is 12.8 Å². The molecule has 1 fully saturated rings. The summed E-state index contributed by atoms with van der Waals surface area (Å²) in [6.45, 7) is 5.03. The first-order valence-corrected chi connectivity index (χ1v) is 8.32. The first kappa shape index (κ1) is 17.4. The van der Waals surface area contributed by atoms with Gasteiger partial charge in [0.05, 0.1) is 27.8 Å². The van der Waals surface area contributed by atoms with Crippen LogP contribution in [0.25, 0.3) is 0 Å². The molecule has 1 aliphatic carbocycles. The fourth-order valence-electron chi connectivity index (χ4n) is 2.26. The van der Waals surface area contributed by atoms with Gasteiger partial charge in [-0.05, 0) is 58.5 Å². The normalized spacial score (nSPS) is 15.0. The first-order chi connectivity index (χ1) is 11.1. The number of hydrazine groups is 1. The molecule has 6 heteroatoms. The Morgan fingerprint density at radius 1 is 1.48 bits per heavy atom. The highest BCUT2D eigenvalue weighted by Crippen LogP contribution is 2.37. The van der Waals surface area contributed by atoms with E-state index in [-0.39, 0.29) is 0 Å². The zero-order chi connectivity index (χ0) is 16.8. The third kappa shape index (κ3) is 4.77. The summed E-state index contributed by atoms with van der Waals surface area (Å²) in [6, 6.07) is 3.86. The summed E-state index contributed by atoms with van der Waals surface area (Å²) < 4.78 is 0.784. The number of hydrogen-bond acceptors (Lipinski definition) is 5. The van der Waals surface area contributed by atoms with Crippen LogP contribution in [0.4, 0.5) is 17.1 Å². The van der Waals surface area contributed by atoms with Crippen LogP contribution in [0.3, 0.4) is 0 Å². The Labute approximate surface area is 145 Å². The molecule has 0 aromatic heterocycles. The van der Waals surface area contributed by atoms with Crippen molar-refractivity contribution in [3.63, 3.8) is 0 Å². The van der Waals surface area contributed by atoms with E-state index in [9.17, 15) is 0 Å². The van der Waals surface area contributed by atoms with E-state index >= 15 is 0 Å². The molecule has 0 radical (unpaired) electrons. The molecule has 0 unspecified atom stereocenters. The van der Waals surface area contributed by atoms with Gasteiger partial charge in [-0.1, -0.05) is 18.7 Å². The Kier molecular flexibility index (Phi) is 6.12. The molecule has 0 atom stereocenters. The molecule has 0 aliphatic heterocycles. The summed E-state index contributed by atoms with van der Waals surface area (Å²) in [4.78, 5) is 0. The highest BCUT2D eigenvalue weighted by molar-refractivity contribution is 9.10. The van der Waals surface area contributed by atoms with E-state index in [1.165, 1.54) is 12.8 Å². The molecule has 6 N–H and O–H groups in total. The largest absolute Gasteiger partial charge is 0.516 e. The van der Waals surface area contributed by atoms with Crippen LogP contribution in [0, 0.1) is 5.92 Å². The number of nitrogen functional groups attached to an aromatic ring is 1. The molecule has 0 amide bonds. The minimum Gasteiger partial charge on any atom is -0.516 e. The molecule has 1 saturated carbocycles. The van der Waals surface area contributed by atoms with Gasteiger partial charge >= 0.3 is 0 Å². The second kappa shape index (κ2) is 8.08. The van der Waals surface area contributed by atoms with Gasteiger partial charge in [-0.2, -0.15) is 0 Å². The van der Waals surface area contributed by atoms with Crippen molar-refractivity contribution in [2.24, 2.45) is 11.8 Å². The van der Waals surface area contributed by atoms with Crippen molar-refractivity contribution in [1.82, 2.24) is 0 Å². The standard InChI is InChI=1S/C17H23BrN4O/c1-2-3-12(8-9-23)10-21-14-6-7-15(17(19)16(14)18)22(20)11-13-4-5-13/h2-3,6-9,13,21,23H,1,4-5,10-11,19-20H2/b9-8+,12-3+. The smallest absolute Gasteiger partial charge is 0.0795 e. The van der Waals surface area contributed by atoms with Crippen molar-refractivity contribution in [1.29, 1.82) is 0 Å². The molecule has 5 nitrogen and oxygen atoms in total. The molecule has 0 heterocycles. The summed E-state index contributed by atoms with van der Waals surface area (Å²) >= 11 is 3.53. The van der Waals surface area contributed by atoms with E-state index in [2.05, 4.69) is 27.8 Å². The molecule has 1 aliphatic rings. The lowest BCUT2D eigenvalue weighted by atomic mass is 10.2. The number of aliphatic hydroxyl groups excluding tert-OH is 1. The Balaban J connectivity index is 2.09. The lowest BCUT2D eigenvalue weighted by Crippen LogP contribution is -2.33. The van der Waals surface area contributed by atoms with E-state index in [0.717, 1.165) is 34.2 Å². The zero-order valence-corrected chi connectivity index (χ0v) is 14.6. The van der Waals surface area contributed by atoms with Gasteiger partial charge in [0, 0.05) is 13.1 Å². The summed E-state index contributed by atoms with van der Waals surface area (Å²) in [7, 11) is 0. The number of hydrogen-bond donors (Lipinski definition) is 4. The predicted octanol–water partition coefficient (Wildman–Crippen LogP) is 3.72. The van der Waals surface area contributed by atoms with Gasteiger partial charge in [-0.25, -0.2) is 5.84 Å². The van der Waals surface area contributed by atoms with Gasteiger partial charge in [0.25, 0.3) is 0 Å². The van der Waals surface area contributed by atoms with Gasteiger partial charge in [0.1, 0.15) is 0 Å². The minimum absolute atomic E-state index is 0.537. The second-order valence-corrected chi connectivity index (χ2v) is 6.40. The summed E-state index contributed by atoms with van der Waals surface area (Å²) in [6.07, 6.45) is 8.60. The Morgan fingerprint density at radius 3 is 2.83 bits per heavy atom. The summed E-state index contributed by atoms with van der Waals surface area (Å²) in [5.41, 5.74) is 9.41. The van der Waals surface area contributed by atoms with Crippen molar-refractivity contribution >= 4 is 33.0 Å². The van der Waals surface area contributed by atoms with Crippen LogP contribution in [0.2, 0.25) is 0 Å². The van der Waals surface area contributed by atoms with E-state index in [4.69, 9.17) is 16.7 Å².